The van der Waals surface area contributed by atoms with E-state index in [2.05, 4.69) is 91.1 Å². The number of carbonyl (C=O) groups excluding carboxylic acids is 1. The standard InChI is InChI=1S/C25H27ClN4O2.C22H26ClN5O2/c1-6-32-22-19(16(4)25-29-23(26)21-24(27)28-11-12-30(21)25)13-14(2)15(3)20(22)17-7-9-18(31-5)10-8-17;1-5-30-19-15(8-11(2)12(3)17(19)14-9-16(29)26-10-14)13(4)22-27-20(23)18-21(24)25-6-7-28(18)22/h7-13,16H,6H2,1-5H3,(H2,27,28);6-8,13-14H,5,9-10H2,1-4H3,(H2,24,25)(H,26,29)/t16-;/m1./s1. The number of aryl methyl sites for hydroxylation is 2. The molecule has 0 spiro atoms. The predicted molar refractivity (Wildman–Crippen MR) is 246 cm³/mol. The third-order valence-electron chi connectivity index (χ3n) is 11.9. The first-order valence-corrected chi connectivity index (χ1v) is 21.5. The molecule has 62 heavy (non-hydrogen) atoms. The Hall–Kier alpha value is -6.05. The van der Waals surface area contributed by atoms with Crippen molar-refractivity contribution in [3.8, 4) is 28.4 Å². The third-order valence-corrected chi connectivity index (χ3v) is 12.4. The van der Waals surface area contributed by atoms with Crippen molar-refractivity contribution in [3.05, 3.63) is 122 Å². The summed E-state index contributed by atoms with van der Waals surface area (Å²) in [6.45, 7) is 18.3. The van der Waals surface area contributed by atoms with Gasteiger partial charge in [0.05, 0.1) is 20.3 Å². The summed E-state index contributed by atoms with van der Waals surface area (Å²) in [6, 6.07) is 12.4. The molecule has 0 aliphatic carbocycles. The highest BCUT2D eigenvalue weighted by Crippen LogP contribution is 2.45. The van der Waals surface area contributed by atoms with Crippen LogP contribution in [0.25, 0.3) is 22.2 Å². The lowest BCUT2D eigenvalue weighted by atomic mass is 9.85. The summed E-state index contributed by atoms with van der Waals surface area (Å²) in [5.74, 6) is 4.69. The van der Waals surface area contributed by atoms with Crippen LogP contribution in [0.15, 0.2) is 61.2 Å². The van der Waals surface area contributed by atoms with Crippen LogP contribution in [0.3, 0.4) is 0 Å². The molecular weight excluding hydrogens is 825 g/mol. The number of imidazole rings is 2. The van der Waals surface area contributed by atoms with Gasteiger partial charge in [-0.05, 0) is 81.5 Å². The fraction of sp³-hybridized carbons (Fsp3) is 0.340. The number of nitrogens with two attached hydrogens (primary N) is 2. The fourth-order valence-electron chi connectivity index (χ4n) is 8.49. The highest BCUT2D eigenvalue weighted by molar-refractivity contribution is 6.33. The SMILES string of the molecule is CCOc1c(C(C)c2nc(Cl)c3c(N)nccn23)cc(C)c(C)c1C1CNC(=O)C1.CCOc1c([C@@H](C)c2nc(Cl)c3c(N)nccn23)cc(C)c(C)c1-c1ccc(OC)cc1. The molecule has 8 rings (SSSR count). The average Bonchev–Trinajstić information content (AvgIpc) is 3.95. The first kappa shape index (κ1) is 44.0. The lowest BCUT2D eigenvalue weighted by Gasteiger charge is -2.25. The van der Waals surface area contributed by atoms with Crippen LogP contribution in [0, 0.1) is 27.7 Å². The minimum Gasteiger partial charge on any atom is -0.497 e. The van der Waals surface area contributed by atoms with Gasteiger partial charge in [-0.2, -0.15) is 0 Å². The number of benzene rings is 3. The average molecular weight is 879 g/mol. The van der Waals surface area contributed by atoms with Crippen molar-refractivity contribution in [1.29, 1.82) is 0 Å². The zero-order valence-electron chi connectivity index (χ0n) is 36.6. The van der Waals surface area contributed by atoms with E-state index in [1.807, 2.05) is 47.2 Å². The normalized spacial score (nSPS) is 14.7. The van der Waals surface area contributed by atoms with Crippen molar-refractivity contribution in [3.63, 3.8) is 0 Å². The number of hydrogen-bond donors (Lipinski definition) is 3. The quantitative estimate of drug-likeness (QED) is 0.114. The molecule has 3 atom stereocenters. The molecule has 1 aliphatic heterocycles. The summed E-state index contributed by atoms with van der Waals surface area (Å²) in [5, 5.41) is 3.62. The van der Waals surface area contributed by atoms with Crippen LogP contribution in [0.2, 0.25) is 10.3 Å². The van der Waals surface area contributed by atoms with Crippen LogP contribution in [0.1, 0.15) is 102 Å². The molecule has 0 radical (unpaired) electrons. The molecule has 1 aliphatic rings. The molecule has 2 unspecified atom stereocenters. The summed E-state index contributed by atoms with van der Waals surface area (Å²) in [4.78, 5) is 29.4. The zero-order chi connectivity index (χ0) is 44.6. The minimum absolute atomic E-state index is 0.0759. The van der Waals surface area contributed by atoms with Crippen LogP contribution in [0.4, 0.5) is 11.6 Å². The summed E-state index contributed by atoms with van der Waals surface area (Å²) < 4.78 is 21.6. The molecule has 13 nitrogen and oxygen atoms in total. The molecule has 1 saturated heterocycles. The smallest absolute Gasteiger partial charge is 0.220 e. The summed E-state index contributed by atoms with van der Waals surface area (Å²) in [7, 11) is 1.67. The molecule has 0 saturated carbocycles. The molecular formula is C47H53Cl2N9O4. The summed E-state index contributed by atoms with van der Waals surface area (Å²) >= 11 is 12.8. The molecule has 15 heteroatoms. The summed E-state index contributed by atoms with van der Waals surface area (Å²) in [5.41, 5.74) is 23.3. The number of aromatic nitrogens is 6. The van der Waals surface area contributed by atoms with Gasteiger partial charge in [0.15, 0.2) is 21.9 Å². The van der Waals surface area contributed by atoms with Crippen LogP contribution in [-0.2, 0) is 4.79 Å². The number of halogens is 2. The van der Waals surface area contributed by atoms with E-state index in [-0.39, 0.29) is 23.7 Å². The predicted octanol–water partition coefficient (Wildman–Crippen LogP) is 9.54. The van der Waals surface area contributed by atoms with Crippen molar-refractivity contribution < 1.29 is 19.0 Å². The number of nitrogens with zero attached hydrogens (tertiary/aromatic N) is 6. The van der Waals surface area contributed by atoms with Crippen LogP contribution < -0.4 is 31.0 Å². The molecule has 1 fully saturated rings. The Bertz CT molecular complexity index is 2800. The first-order valence-electron chi connectivity index (χ1n) is 20.7. The molecule has 324 valence electrons. The van der Waals surface area contributed by atoms with Gasteiger partial charge in [0.1, 0.15) is 39.9 Å². The second-order valence-corrected chi connectivity index (χ2v) is 16.3. The maximum absolute atomic E-state index is 11.9. The van der Waals surface area contributed by atoms with Gasteiger partial charge < -0.3 is 31.0 Å². The second-order valence-electron chi connectivity index (χ2n) is 15.6. The van der Waals surface area contributed by atoms with E-state index < -0.39 is 0 Å². The number of carbonyl (C=O) groups is 1. The van der Waals surface area contributed by atoms with E-state index in [9.17, 15) is 4.79 Å². The maximum atomic E-state index is 11.9. The highest BCUT2D eigenvalue weighted by atomic mass is 35.5. The van der Waals surface area contributed by atoms with Gasteiger partial charge in [0.25, 0.3) is 0 Å². The van der Waals surface area contributed by atoms with E-state index in [1.54, 1.807) is 19.5 Å². The number of nitrogen functional groups attached to an aromatic ring is 2. The molecule has 7 aromatic rings. The zero-order valence-corrected chi connectivity index (χ0v) is 38.1. The Labute approximate surface area is 371 Å². The number of anilines is 2. The van der Waals surface area contributed by atoms with E-state index in [1.165, 1.54) is 11.1 Å². The Balaban J connectivity index is 0.000000187. The summed E-state index contributed by atoms with van der Waals surface area (Å²) in [6.07, 6.45) is 7.42. The monoisotopic (exact) mass is 877 g/mol. The van der Waals surface area contributed by atoms with Crippen molar-refractivity contribution in [2.24, 2.45) is 0 Å². The van der Waals surface area contributed by atoms with Crippen molar-refractivity contribution >= 4 is 51.8 Å². The second kappa shape index (κ2) is 18.1. The van der Waals surface area contributed by atoms with E-state index in [0.29, 0.717) is 59.2 Å². The first-order chi connectivity index (χ1) is 29.7. The molecule has 0 bridgehead atoms. The molecule has 5 N–H and O–H groups in total. The van der Waals surface area contributed by atoms with E-state index >= 15 is 0 Å². The molecule has 1 amide bonds. The fourth-order valence-corrected chi connectivity index (χ4v) is 9.04. The highest BCUT2D eigenvalue weighted by Gasteiger charge is 2.32. The molecule has 5 heterocycles. The number of hydrogen-bond acceptors (Lipinski definition) is 10. The van der Waals surface area contributed by atoms with Gasteiger partial charge in [-0.15, -0.1) is 0 Å². The van der Waals surface area contributed by atoms with Crippen LogP contribution >= 0.6 is 23.2 Å². The Kier molecular flexibility index (Phi) is 12.9. The van der Waals surface area contributed by atoms with Gasteiger partial charge in [0.2, 0.25) is 5.91 Å². The number of rotatable bonds is 11. The van der Waals surface area contributed by atoms with Gasteiger partial charge >= 0.3 is 0 Å². The molecule has 3 aromatic carbocycles. The number of fused-ring (bicyclic) bond motifs is 2. The number of amides is 1. The van der Waals surface area contributed by atoms with Crippen molar-refractivity contribution in [2.75, 3.05) is 38.3 Å². The maximum Gasteiger partial charge on any atom is 0.220 e. The Morgan fingerprint density at radius 1 is 0.790 bits per heavy atom. The lowest BCUT2D eigenvalue weighted by molar-refractivity contribution is -0.119. The van der Waals surface area contributed by atoms with E-state index in [4.69, 9.17) is 48.9 Å². The van der Waals surface area contributed by atoms with Gasteiger partial charge in [-0.1, -0.05) is 61.3 Å². The third kappa shape index (κ3) is 8.06. The minimum atomic E-state index is -0.114. The number of nitrogens with one attached hydrogen (secondary N) is 1. The Morgan fingerprint density at radius 2 is 1.29 bits per heavy atom. The van der Waals surface area contributed by atoms with Crippen LogP contribution in [0.5, 0.6) is 17.2 Å². The van der Waals surface area contributed by atoms with Gasteiger partial charge in [0, 0.05) is 77.8 Å². The topological polar surface area (TPSA) is 169 Å². The van der Waals surface area contributed by atoms with Crippen LogP contribution in [-0.4, -0.2) is 61.5 Å². The van der Waals surface area contributed by atoms with Crippen molar-refractivity contribution in [2.45, 2.75) is 79.6 Å². The largest absolute Gasteiger partial charge is 0.497 e. The van der Waals surface area contributed by atoms with E-state index in [0.717, 1.165) is 67.8 Å². The number of ether oxygens (including phenoxy) is 3. The Morgan fingerprint density at radius 3 is 1.77 bits per heavy atom. The van der Waals surface area contributed by atoms with Crippen molar-refractivity contribution in [1.82, 2.24) is 34.1 Å². The lowest BCUT2D eigenvalue weighted by Crippen LogP contribution is -2.15. The van der Waals surface area contributed by atoms with Gasteiger partial charge in [-0.25, -0.2) is 19.9 Å². The van der Waals surface area contributed by atoms with Gasteiger partial charge in [-0.3, -0.25) is 13.6 Å². The number of methoxy groups -OCH3 is 1. The molecule has 4 aromatic heterocycles.